The van der Waals surface area contributed by atoms with Gasteiger partial charge in [0.1, 0.15) is 5.82 Å². The van der Waals surface area contributed by atoms with Gasteiger partial charge in [0.15, 0.2) is 0 Å². The van der Waals surface area contributed by atoms with E-state index in [9.17, 15) is 4.79 Å². The Labute approximate surface area is 197 Å². The van der Waals surface area contributed by atoms with Crippen molar-refractivity contribution in [1.82, 2.24) is 15.0 Å². The van der Waals surface area contributed by atoms with Gasteiger partial charge in [-0.25, -0.2) is 4.98 Å². The number of aryl methyl sites for hydroxylation is 1. The molecule has 0 spiro atoms. The molecule has 4 nitrogen and oxygen atoms in total. The van der Waals surface area contributed by atoms with E-state index >= 15 is 0 Å². The second-order valence-electron chi connectivity index (χ2n) is 12.1. The fourth-order valence-corrected chi connectivity index (χ4v) is 8.93. The summed E-state index contributed by atoms with van der Waals surface area (Å²) in [6, 6.07) is 1.83. The van der Waals surface area contributed by atoms with Gasteiger partial charge in [0, 0.05) is 18.8 Å². The molecule has 3 fully saturated rings. The van der Waals surface area contributed by atoms with Gasteiger partial charge in [0.25, 0.3) is 5.56 Å². The van der Waals surface area contributed by atoms with Crippen LogP contribution in [-0.4, -0.2) is 15.0 Å². The third-order valence-corrected chi connectivity index (χ3v) is 10.7. The standard InChI is InChI=1S/C29H39N3O/c1-28-15-4-3-6-19(28)9-11-21-23-12-10-20(29(23,2)16-13-24(21)28)7-5-8-26-31-25-14-17-30-18-22(25)27(33)32-26/h10,14,17-19,21,23-24H,3-9,11-13,15-16H2,1-2H3,(H,31,32,33). The van der Waals surface area contributed by atoms with Gasteiger partial charge in [-0.2, -0.15) is 0 Å². The summed E-state index contributed by atoms with van der Waals surface area (Å²) in [7, 11) is 0. The zero-order chi connectivity index (χ0) is 22.6. The molecule has 6 atom stereocenters. The summed E-state index contributed by atoms with van der Waals surface area (Å²) < 4.78 is 0. The van der Waals surface area contributed by atoms with Gasteiger partial charge in [0.05, 0.1) is 10.9 Å². The highest BCUT2D eigenvalue weighted by molar-refractivity contribution is 5.75. The molecular formula is C29H39N3O. The first kappa shape index (κ1) is 21.6. The number of aromatic amines is 1. The largest absolute Gasteiger partial charge is 0.310 e. The van der Waals surface area contributed by atoms with Crippen molar-refractivity contribution in [2.45, 2.75) is 90.9 Å². The number of aromatic nitrogens is 3. The number of allylic oxidation sites excluding steroid dienone is 2. The second kappa shape index (κ2) is 8.06. The fraction of sp³-hybridized carbons (Fsp3) is 0.690. The Bertz CT molecular complexity index is 1140. The predicted octanol–water partition coefficient (Wildman–Crippen LogP) is 6.61. The molecule has 6 rings (SSSR count). The molecule has 0 amide bonds. The summed E-state index contributed by atoms with van der Waals surface area (Å²) >= 11 is 0. The minimum atomic E-state index is -0.0691. The van der Waals surface area contributed by atoms with Crippen LogP contribution in [0.15, 0.2) is 34.9 Å². The average Bonchev–Trinajstić information content (AvgIpc) is 3.15. The number of hydrogen-bond donors (Lipinski definition) is 1. The number of pyridine rings is 1. The van der Waals surface area contributed by atoms with Crippen molar-refractivity contribution in [1.29, 1.82) is 0 Å². The van der Waals surface area contributed by atoms with E-state index in [0.29, 0.717) is 16.2 Å². The molecule has 6 unspecified atom stereocenters. The highest BCUT2D eigenvalue weighted by Crippen LogP contribution is 2.66. The van der Waals surface area contributed by atoms with Crippen LogP contribution in [0.4, 0.5) is 0 Å². The Morgan fingerprint density at radius 2 is 1.97 bits per heavy atom. The molecule has 0 saturated heterocycles. The fourth-order valence-electron chi connectivity index (χ4n) is 8.93. The van der Waals surface area contributed by atoms with E-state index in [0.717, 1.165) is 54.3 Å². The van der Waals surface area contributed by atoms with Gasteiger partial charge in [-0.1, -0.05) is 38.3 Å². The number of fused-ring (bicyclic) bond motifs is 6. The lowest BCUT2D eigenvalue weighted by Crippen LogP contribution is -2.52. The molecule has 0 bridgehead atoms. The maximum atomic E-state index is 12.4. The number of nitrogens with one attached hydrogen (secondary N) is 1. The number of rotatable bonds is 4. The Morgan fingerprint density at radius 1 is 1.06 bits per heavy atom. The summed E-state index contributed by atoms with van der Waals surface area (Å²) in [6.07, 6.45) is 21.9. The predicted molar refractivity (Wildman–Crippen MR) is 133 cm³/mol. The van der Waals surface area contributed by atoms with Crippen LogP contribution in [0.5, 0.6) is 0 Å². The Balaban J connectivity index is 1.14. The number of nitrogens with zero attached hydrogens (tertiary/aromatic N) is 2. The zero-order valence-corrected chi connectivity index (χ0v) is 20.4. The van der Waals surface area contributed by atoms with Gasteiger partial charge in [-0.3, -0.25) is 9.78 Å². The van der Waals surface area contributed by atoms with E-state index in [2.05, 4.69) is 34.9 Å². The van der Waals surface area contributed by atoms with Crippen molar-refractivity contribution in [2.24, 2.45) is 34.5 Å². The molecule has 33 heavy (non-hydrogen) atoms. The van der Waals surface area contributed by atoms with Crippen LogP contribution in [0.1, 0.15) is 90.3 Å². The van der Waals surface area contributed by atoms with E-state index in [4.69, 9.17) is 0 Å². The molecular weight excluding hydrogens is 406 g/mol. The number of H-pyrrole nitrogens is 1. The number of hydrogen-bond acceptors (Lipinski definition) is 3. The van der Waals surface area contributed by atoms with Crippen LogP contribution >= 0.6 is 0 Å². The van der Waals surface area contributed by atoms with Crippen LogP contribution in [0.3, 0.4) is 0 Å². The minimum absolute atomic E-state index is 0.0691. The summed E-state index contributed by atoms with van der Waals surface area (Å²) in [5.41, 5.74) is 3.40. The molecule has 2 aromatic heterocycles. The van der Waals surface area contributed by atoms with Crippen molar-refractivity contribution < 1.29 is 0 Å². The summed E-state index contributed by atoms with van der Waals surface area (Å²) in [5, 5.41) is 0.577. The molecule has 0 aromatic carbocycles. The molecule has 0 radical (unpaired) electrons. The Hall–Kier alpha value is -1.97. The monoisotopic (exact) mass is 445 g/mol. The highest BCUT2D eigenvalue weighted by Gasteiger charge is 2.57. The van der Waals surface area contributed by atoms with E-state index < -0.39 is 0 Å². The quantitative estimate of drug-likeness (QED) is 0.539. The van der Waals surface area contributed by atoms with Crippen molar-refractivity contribution in [3.63, 3.8) is 0 Å². The van der Waals surface area contributed by atoms with Gasteiger partial charge < -0.3 is 4.98 Å². The van der Waals surface area contributed by atoms with E-state index in [1.54, 1.807) is 18.0 Å². The van der Waals surface area contributed by atoms with Gasteiger partial charge >= 0.3 is 0 Å². The first-order valence-corrected chi connectivity index (χ1v) is 13.5. The third kappa shape index (κ3) is 3.42. The van der Waals surface area contributed by atoms with Crippen molar-refractivity contribution in [2.75, 3.05) is 0 Å². The Kier molecular flexibility index (Phi) is 5.27. The van der Waals surface area contributed by atoms with E-state index in [1.165, 1.54) is 57.8 Å². The van der Waals surface area contributed by atoms with Crippen LogP contribution in [0, 0.1) is 34.5 Å². The molecule has 176 valence electrons. The first-order chi connectivity index (χ1) is 16.0. The van der Waals surface area contributed by atoms with Crippen LogP contribution < -0.4 is 5.56 Å². The van der Waals surface area contributed by atoms with Gasteiger partial charge in [-0.05, 0) is 98.4 Å². The third-order valence-electron chi connectivity index (χ3n) is 10.7. The van der Waals surface area contributed by atoms with Crippen LogP contribution in [0.25, 0.3) is 10.9 Å². The smallest absolute Gasteiger partial charge is 0.260 e. The highest BCUT2D eigenvalue weighted by atomic mass is 16.1. The molecule has 4 aliphatic carbocycles. The minimum Gasteiger partial charge on any atom is -0.310 e. The van der Waals surface area contributed by atoms with Crippen molar-refractivity contribution in [3.8, 4) is 0 Å². The first-order valence-electron chi connectivity index (χ1n) is 13.5. The second-order valence-corrected chi connectivity index (χ2v) is 12.1. The van der Waals surface area contributed by atoms with Gasteiger partial charge in [0.2, 0.25) is 0 Å². The normalized spacial score (nSPS) is 37.8. The molecule has 1 N–H and O–H groups in total. The average molecular weight is 446 g/mol. The maximum absolute atomic E-state index is 12.4. The summed E-state index contributed by atoms with van der Waals surface area (Å²) in [4.78, 5) is 24.1. The van der Waals surface area contributed by atoms with E-state index in [1.807, 2.05) is 6.07 Å². The van der Waals surface area contributed by atoms with Crippen LogP contribution in [-0.2, 0) is 6.42 Å². The molecule has 2 aromatic rings. The maximum Gasteiger partial charge on any atom is 0.260 e. The van der Waals surface area contributed by atoms with Crippen LogP contribution in [0.2, 0.25) is 0 Å². The molecule has 2 heterocycles. The lowest BCUT2D eigenvalue weighted by Gasteiger charge is -2.60. The molecule has 4 heteroatoms. The summed E-state index contributed by atoms with van der Waals surface area (Å²) in [6.45, 7) is 5.26. The van der Waals surface area contributed by atoms with Crippen molar-refractivity contribution in [3.05, 3.63) is 46.3 Å². The van der Waals surface area contributed by atoms with Crippen molar-refractivity contribution >= 4 is 10.9 Å². The lowest BCUT2D eigenvalue weighted by molar-refractivity contribution is -0.0992. The topological polar surface area (TPSA) is 58.6 Å². The SMILES string of the molecule is CC12CCC3C(CCC4CCCCC43C)C1CC=C2CCCc1nc2ccncc2c(=O)[nH]1. The van der Waals surface area contributed by atoms with Gasteiger partial charge in [-0.15, -0.1) is 0 Å². The molecule has 3 saturated carbocycles. The Morgan fingerprint density at radius 3 is 2.88 bits per heavy atom. The molecule has 0 aliphatic heterocycles. The molecule has 4 aliphatic rings. The zero-order valence-electron chi connectivity index (χ0n) is 20.4. The lowest BCUT2D eigenvalue weighted by atomic mass is 9.45. The summed E-state index contributed by atoms with van der Waals surface area (Å²) in [5.74, 6) is 4.56. The van der Waals surface area contributed by atoms with E-state index in [-0.39, 0.29) is 5.56 Å².